The van der Waals surface area contributed by atoms with Gasteiger partial charge in [-0.05, 0) is 45.6 Å². The van der Waals surface area contributed by atoms with Crippen LogP contribution in [0.2, 0.25) is 0 Å². The lowest BCUT2D eigenvalue weighted by atomic mass is 9.89. The quantitative estimate of drug-likeness (QED) is 0.837. The van der Waals surface area contributed by atoms with Crippen molar-refractivity contribution in [2.45, 2.75) is 26.8 Å². The lowest BCUT2D eigenvalue weighted by Crippen LogP contribution is -2.29. The second kappa shape index (κ2) is 6.52. The van der Waals surface area contributed by atoms with E-state index in [4.69, 9.17) is 5.11 Å². The summed E-state index contributed by atoms with van der Waals surface area (Å²) in [6.07, 6.45) is -0.0538. The van der Waals surface area contributed by atoms with Gasteiger partial charge in [-0.15, -0.1) is 0 Å². The van der Waals surface area contributed by atoms with Crippen LogP contribution in [0.15, 0.2) is 24.3 Å². The topological polar surface area (TPSA) is 69.6 Å². The number of hydrogen-bond donors (Lipinski definition) is 2. The minimum absolute atomic E-state index is 0.0538. The predicted molar refractivity (Wildman–Crippen MR) is 78.5 cm³/mol. The fourth-order valence-electron chi connectivity index (χ4n) is 1.74. The van der Waals surface area contributed by atoms with Gasteiger partial charge in [-0.3, -0.25) is 9.59 Å². The Morgan fingerprint density at radius 3 is 2.20 bits per heavy atom. The molecule has 0 bridgehead atoms. The number of aliphatic carboxylic acids is 1. The zero-order chi connectivity index (χ0) is 15.3. The molecule has 0 aliphatic rings. The molecule has 0 atom stereocenters. The van der Waals surface area contributed by atoms with Gasteiger partial charge in [-0.1, -0.05) is 12.1 Å². The number of rotatable bonds is 6. The van der Waals surface area contributed by atoms with Gasteiger partial charge in [0.15, 0.2) is 0 Å². The number of carboxylic acid groups (broad SMARTS) is 1. The van der Waals surface area contributed by atoms with Gasteiger partial charge in [0.1, 0.15) is 0 Å². The van der Waals surface area contributed by atoms with Crippen LogP contribution in [0, 0.1) is 5.41 Å². The van der Waals surface area contributed by atoms with E-state index in [0.29, 0.717) is 5.69 Å². The Bertz CT molecular complexity index is 478. The van der Waals surface area contributed by atoms with Crippen LogP contribution in [0.25, 0.3) is 0 Å². The van der Waals surface area contributed by atoms with Crippen LogP contribution in [0.1, 0.15) is 25.8 Å². The highest BCUT2D eigenvalue weighted by Gasteiger charge is 2.30. The Morgan fingerprint density at radius 1 is 1.20 bits per heavy atom. The molecule has 0 aliphatic heterocycles. The van der Waals surface area contributed by atoms with E-state index in [-0.39, 0.29) is 12.3 Å². The molecule has 0 spiro atoms. The van der Waals surface area contributed by atoms with E-state index in [9.17, 15) is 9.59 Å². The number of carboxylic acids is 1. The number of nitrogens with one attached hydrogen (secondary N) is 1. The molecule has 1 rings (SSSR count). The number of amides is 1. The van der Waals surface area contributed by atoms with Crippen molar-refractivity contribution in [3.05, 3.63) is 29.8 Å². The predicted octanol–water partition coefficient (Wildman–Crippen LogP) is 2.19. The molecule has 5 nitrogen and oxygen atoms in total. The highest BCUT2D eigenvalue weighted by atomic mass is 16.4. The number of carbonyl (C=O) groups is 2. The lowest BCUT2D eigenvalue weighted by molar-refractivity contribution is -0.148. The minimum atomic E-state index is -1.06. The third-order valence-electron chi connectivity index (χ3n) is 2.92. The van der Waals surface area contributed by atoms with Crippen molar-refractivity contribution in [3.63, 3.8) is 0 Å². The summed E-state index contributed by atoms with van der Waals surface area (Å²) < 4.78 is 0. The summed E-state index contributed by atoms with van der Waals surface area (Å²) in [6.45, 7) is 3.91. The van der Waals surface area contributed by atoms with Gasteiger partial charge in [0.05, 0.1) is 5.41 Å². The molecule has 1 amide bonds. The molecular formula is C15H22N2O3. The van der Waals surface area contributed by atoms with Crippen LogP contribution < -0.4 is 5.32 Å². The fourth-order valence-corrected chi connectivity index (χ4v) is 1.74. The van der Waals surface area contributed by atoms with E-state index in [1.165, 1.54) is 13.8 Å². The number of hydrogen-bond acceptors (Lipinski definition) is 3. The van der Waals surface area contributed by atoms with Crippen LogP contribution >= 0.6 is 0 Å². The van der Waals surface area contributed by atoms with Crippen LogP contribution in [0.3, 0.4) is 0 Å². The zero-order valence-corrected chi connectivity index (χ0v) is 12.4. The van der Waals surface area contributed by atoms with Crippen LogP contribution in [-0.4, -0.2) is 36.0 Å². The largest absolute Gasteiger partial charge is 0.481 e. The molecule has 0 saturated carbocycles. The van der Waals surface area contributed by atoms with E-state index in [0.717, 1.165) is 12.1 Å². The molecule has 0 aromatic heterocycles. The van der Waals surface area contributed by atoms with Gasteiger partial charge in [-0.25, -0.2) is 0 Å². The van der Waals surface area contributed by atoms with Crippen LogP contribution in [0.4, 0.5) is 5.69 Å². The van der Waals surface area contributed by atoms with Gasteiger partial charge < -0.3 is 15.3 Å². The molecule has 2 N–H and O–H groups in total. The number of anilines is 1. The highest BCUT2D eigenvalue weighted by Crippen LogP contribution is 2.21. The molecule has 0 unspecified atom stereocenters. The van der Waals surface area contributed by atoms with E-state index in [2.05, 4.69) is 10.2 Å². The number of nitrogens with zero attached hydrogens (tertiary/aromatic N) is 1. The Kier molecular flexibility index (Phi) is 5.27. The lowest BCUT2D eigenvalue weighted by Gasteiger charge is -2.18. The Hall–Kier alpha value is -1.88. The summed E-state index contributed by atoms with van der Waals surface area (Å²) in [5.74, 6) is -1.27. The summed E-state index contributed by atoms with van der Waals surface area (Å²) in [6, 6.07) is 7.53. The fraction of sp³-hybridized carbons (Fsp3) is 0.467. The molecule has 110 valence electrons. The third kappa shape index (κ3) is 5.01. The van der Waals surface area contributed by atoms with Gasteiger partial charge in [0.25, 0.3) is 0 Å². The number of carbonyl (C=O) groups excluding carboxylic acids is 1. The Labute approximate surface area is 119 Å². The van der Waals surface area contributed by atoms with Gasteiger partial charge in [0.2, 0.25) is 5.91 Å². The monoisotopic (exact) mass is 278 g/mol. The van der Waals surface area contributed by atoms with Crippen molar-refractivity contribution in [1.29, 1.82) is 0 Å². The van der Waals surface area contributed by atoms with Gasteiger partial charge in [0, 0.05) is 18.7 Å². The average Bonchev–Trinajstić information content (AvgIpc) is 2.30. The summed E-state index contributed by atoms with van der Waals surface area (Å²) >= 11 is 0. The molecular weight excluding hydrogens is 256 g/mol. The SMILES string of the molecule is CN(C)Cc1ccc(NC(=O)CC(C)(C)C(=O)O)cc1. The van der Waals surface area contributed by atoms with Crippen molar-refractivity contribution in [2.75, 3.05) is 19.4 Å². The molecule has 0 fully saturated rings. The Balaban J connectivity index is 2.61. The van der Waals surface area contributed by atoms with Crippen LogP contribution in [0.5, 0.6) is 0 Å². The van der Waals surface area contributed by atoms with Gasteiger partial charge in [-0.2, -0.15) is 0 Å². The summed E-state index contributed by atoms with van der Waals surface area (Å²) in [7, 11) is 3.98. The minimum Gasteiger partial charge on any atom is -0.481 e. The Morgan fingerprint density at radius 2 is 1.75 bits per heavy atom. The molecule has 1 aromatic carbocycles. The number of benzene rings is 1. The highest BCUT2D eigenvalue weighted by molar-refractivity contribution is 5.94. The van der Waals surface area contributed by atoms with E-state index < -0.39 is 11.4 Å². The van der Waals surface area contributed by atoms with Crippen molar-refractivity contribution >= 4 is 17.6 Å². The first-order chi connectivity index (χ1) is 9.20. The molecule has 0 radical (unpaired) electrons. The maximum atomic E-state index is 11.8. The molecule has 0 aliphatic carbocycles. The molecule has 5 heteroatoms. The molecule has 0 saturated heterocycles. The normalized spacial score (nSPS) is 11.4. The van der Waals surface area contributed by atoms with E-state index in [1.54, 1.807) is 0 Å². The summed E-state index contributed by atoms with van der Waals surface area (Å²) in [5.41, 5.74) is 0.771. The smallest absolute Gasteiger partial charge is 0.309 e. The second-order valence-electron chi connectivity index (χ2n) is 5.85. The van der Waals surface area contributed by atoms with Gasteiger partial charge >= 0.3 is 5.97 Å². The van der Waals surface area contributed by atoms with E-state index in [1.807, 2.05) is 38.4 Å². The van der Waals surface area contributed by atoms with E-state index >= 15 is 0 Å². The standard InChI is InChI=1S/C15H22N2O3/c1-15(2,14(19)20)9-13(18)16-12-7-5-11(6-8-12)10-17(3)4/h5-8H,9-10H2,1-4H3,(H,16,18)(H,19,20). The van der Waals surface area contributed by atoms with Crippen molar-refractivity contribution in [1.82, 2.24) is 4.90 Å². The van der Waals surface area contributed by atoms with Crippen LogP contribution in [-0.2, 0) is 16.1 Å². The van der Waals surface area contributed by atoms with Crippen molar-refractivity contribution in [2.24, 2.45) is 5.41 Å². The van der Waals surface area contributed by atoms with Crippen molar-refractivity contribution < 1.29 is 14.7 Å². The zero-order valence-electron chi connectivity index (χ0n) is 12.4. The first-order valence-electron chi connectivity index (χ1n) is 6.47. The molecule has 20 heavy (non-hydrogen) atoms. The summed E-state index contributed by atoms with van der Waals surface area (Å²) in [4.78, 5) is 24.8. The molecule has 1 aromatic rings. The first-order valence-corrected chi connectivity index (χ1v) is 6.47. The average molecular weight is 278 g/mol. The van der Waals surface area contributed by atoms with Crippen molar-refractivity contribution in [3.8, 4) is 0 Å². The maximum absolute atomic E-state index is 11.8. The first kappa shape index (κ1) is 16.2. The summed E-state index contributed by atoms with van der Waals surface area (Å²) in [5, 5.41) is 11.7. The third-order valence-corrected chi connectivity index (χ3v) is 2.92. The second-order valence-corrected chi connectivity index (χ2v) is 5.85. The maximum Gasteiger partial charge on any atom is 0.309 e. The molecule has 0 heterocycles.